The van der Waals surface area contributed by atoms with E-state index in [4.69, 9.17) is 10.5 Å². The molecule has 0 spiro atoms. The van der Waals surface area contributed by atoms with Gasteiger partial charge in [0.1, 0.15) is 12.4 Å². The van der Waals surface area contributed by atoms with E-state index in [0.29, 0.717) is 13.2 Å². The first kappa shape index (κ1) is 14.4. The lowest BCUT2D eigenvalue weighted by Crippen LogP contribution is -2.06. The molecule has 4 nitrogen and oxygen atoms in total. The molecule has 0 aliphatic carbocycles. The van der Waals surface area contributed by atoms with Gasteiger partial charge in [-0.15, -0.1) is 0 Å². The molecule has 0 atom stereocenters. The molecule has 1 aromatic heterocycles. The normalized spacial score (nSPS) is 10.6. The highest BCUT2D eigenvalue weighted by Crippen LogP contribution is 2.32. The zero-order chi connectivity index (χ0) is 15.4. The van der Waals surface area contributed by atoms with Gasteiger partial charge in [0.2, 0.25) is 0 Å². The minimum Gasteiger partial charge on any atom is -0.488 e. The van der Waals surface area contributed by atoms with E-state index in [2.05, 4.69) is 17.2 Å². The van der Waals surface area contributed by atoms with Gasteiger partial charge in [0.25, 0.3) is 0 Å². The minimum absolute atomic E-state index is 0.443. The molecule has 1 heterocycles. The number of nitrogens with two attached hydrogens (primary N) is 1. The van der Waals surface area contributed by atoms with Gasteiger partial charge in [-0.1, -0.05) is 48.5 Å². The van der Waals surface area contributed by atoms with Gasteiger partial charge >= 0.3 is 0 Å². The predicted molar refractivity (Wildman–Crippen MR) is 87.3 cm³/mol. The van der Waals surface area contributed by atoms with Gasteiger partial charge in [0.05, 0.1) is 11.9 Å². The van der Waals surface area contributed by atoms with Gasteiger partial charge in [-0.05, 0) is 11.6 Å². The Bertz CT molecular complexity index is 750. The third kappa shape index (κ3) is 2.87. The first-order chi connectivity index (χ1) is 10.8. The Labute approximate surface area is 130 Å². The van der Waals surface area contributed by atoms with Crippen LogP contribution in [0.25, 0.3) is 11.1 Å². The van der Waals surface area contributed by atoms with Crippen LogP contribution in [-0.4, -0.2) is 9.78 Å². The maximum Gasteiger partial charge on any atom is 0.127 e. The van der Waals surface area contributed by atoms with Crippen LogP contribution >= 0.6 is 0 Å². The van der Waals surface area contributed by atoms with Crippen LogP contribution in [0.4, 0.5) is 0 Å². The van der Waals surface area contributed by atoms with E-state index in [0.717, 1.165) is 28.1 Å². The summed E-state index contributed by atoms with van der Waals surface area (Å²) < 4.78 is 7.82. The number of aryl methyl sites for hydroxylation is 1. The molecule has 0 aliphatic heterocycles. The smallest absolute Gasteiger partial charge is 0.127 e. The van der Waals surface area contributed by atoms with E-state index < -0.39 is 0 Å². The molecule has 0 aliphatic rings. The van der Waals surface area contributed by atoms with E-state index in [1.165, 1.54) is 0 Å². The van der Waals surface area contributed by atoms with Crippen molar-refractivity contribution in [2.24, 2.45) is 12.8 Å². The number of rotatable bonds is 5. The molecular formula is C18H19N3O. The first-order valence-electron chi connectivity index (χ1n) is 7.26. The zero-order valence-electron chi connectivity index (χ0n) is 12.6. The highest BCUT2D eigenvalue weighted by atomic mass is 16.5. The molecule has 0 saturated carbocycles. The lowest BCUT2D eigenvalue weighted by Gasteiger charge is -2.12. The van der Waals surface area contributed by atoms with Crippen molar-refractivity contribution in [2.45, 2.75) is 13.2 Å². The number of para-hydroxylation sites is 1. The first-order valence-corrected chi connectivity index (χ1v) is 7.26. The third-order valence-corrected chi connectivity index (χ3v) is 3.67. The fourth-order valence-corrected chi connectivity index (χ4v) is 2.48. The summed E-state index contributed by atoms with van der Waals surface area (Å²) in [6.45, 7) is 0.981. The molecule has 22 heavy (non-hydrogen) atoms. The summed E-state index contributed by atoms with van der Waals surface area (Å²) in [7, 11) is 1.90. The van der Waals surface area contributed by atoms with Crippen LogP contribution in [-0.2, 0) is 20.2 Å². The fourth-order valence-electron chi connectivity index (χ4n) is 2.48. The maximum atomic E-state index is 6.01. The fraction of sp³-hybridized carbons (Fsp3) is 0.167. The number of ether oxygens (including phenoxy) is 1. The van der Waals surface area contributed by atoms with Crippen LogP contribution in [0.15, 0.2) is 60.8 Å². The van der Waals surface area contributed by atoms with E-state index in [9.17, 15) is 0 Å². The van der Waals surface area contributed by atoms with Crippen LogP contribution in [0, 0.1) is 0 Å². The van der Waals surface area contributed by atoms with Gasteiger partial charge in [-0.25, -0.2) is 0 Å². The van der Waals surface area contributed by atoms with Crippen molar-refractivity contribution in [1.82, 2.24) is 9.78 Å². The van der Waals surface area contributed by atoms with Crippen LogP contribution in [0.2, 0.25) is 0 Å². The van der Waals surface area contributed by atoms with Crippen molar-refractivity contribution >= 4 is 0 Å². The molecule has 112 valence electrons. The molecule has 0 fully saturated rings. The van der Waals surface area contributed by atoms with Crippen molar-refractivity contribution in [2.75, 3.05) is 0 Å². The Morgan fingerprint density at radius 3 is 2.50 bits per heavy atom. The average molecular weight is 293 g/mol. The van der Waals surface area contributed by atoms with Crippen molar-refractivity contribution in [1.29, 1.82) is 0 Å². The van der Waals surface area contributed by atoms with Crippen molar-refractivity contribution in [3.8, 4) is 16.9 Å². The molecule has 0 bridgehead atoms. The number of nitrogens with zero attached hydrogens (tertiary/aromatic N) is 2. The second-order valence-corrected chi connectivity index (χ2v) is 5.10. The lowest BCUT2D eigenvalue weighted by molar-refractivity contribution is 0.307. The molecule has 2 aromatic carbocycles. The standard InChI is InChI=1S/C18H19N3O/c1-21-17(11-19)16(12-20-21)15-9-5-6-10-18(15)22-13-14-7-3-2-4-8-14/h2-10,12H,11,13,19H2,1H3. The van der Waals surface area contributed by atoms with E-state index >= 15 is 0 Å². The second kappa shape index (κ2) is 6.45. The molecule has 3 aromatic rings. The van der Waals surface area contributed by atoms with Gasteiger partial charge in [0.15, 0.2) is 0 Å². The molecule has 3 rings (SSSR count). The number of hydrogen-bond acceptors (Lipinski definition) is 3. The largest absolute Gasteiger partial charge is 0.488 e. The van der Waals surface area contributed by atoms with Crippen LogP contribution in [0.5, 0.6) is 5.75 Å². The summed E-state index contributed by atoms with van der Waals surface area (Å²) in [4.78, 5) is 0. The summed E-state index contributed by atoms with van der Waals surface area (Å²) in [6, 6.07) is 18.1. The van der Waals surface area contributed by atoms with Gasteiger partial charge in [-0.3, -0.25) is 4.68 Å². The summed E-state index contributed by atoms with van der Waals surface area (Å²) in [6.07, 6.45) is 1.84. The van der Waals surface area contributed by atoms with Crippen molar-refractivity contribution in [3.63, 3.8) is 0 Å². The van der Waals surface area contributed by atoms with E-state index in [1.807, 2.05) is 60.4 Å². The van der Waals surface area contributed by atoms with Crippen LogP contribution < -0.4 is 10.5 Å². The molecule has 2 N–H and O–H groups in total. The summed E-state index contributed by atoms with van der Waals surface area (Å²) in [5.74, 6) is 0.842. The van der Waals surface area contributed by atoms with E-state index in [-0.39, 0.29) is 0 Å². The number of aromatic nitrogens is 2. The van der Waals surface area contributed by atoms with Crippen molar-refractivity contribution < 1.29 is 4.74 Å². The minimum atomic E-state index is 0.443. The Morgan fingerprint density at radius 1 is 1.00 bits per heavy atom. The molecule has 0 saturated heterocycles. The third-order valence-electron chi connectivity index (χ3n) is 3.67. The Balaban J connectivity index is 1.90. The van der Waals surface area contributed by atoms with Gasteiger partial charge in [0, 0.05) is 24.7 Å². The highest BCUT2D eigenvalue weighted by molar-refractivity contribution is 5.72. The summed E-state index contributed by atoms with van der Waals surface area (Å²) in [5.41, 5.74) is 10.0. The molecule has 0 radical (unpaired) electrons. The Kier molecular flexibility index (Phi) is 4.21. The molecule has 0 unspecified atom stereocenters. The number of hydrogen-bond donors (Lipinski definition) is 1. The van der Waals surface area contributed by atoms with E-state index in [1.54, 1.807) is 0 Å². The average Bonchev–Trinajstić information content (AvgIpc) is 2.94. The van der Waals surface area contributed by atoms with Crippen LogP contribution in [0.1, 0.15) is 11.3 Å². The maximum absolute atomic E-state index is 6.01. The van der Waals surface area contributed by atoms with Gasteiger partial charge in [-0.2, -0.15) is 5.10 Å². The molecular weight excluding hydrogens is 274 g/mol. The molecule has 4 heteroatoms. The quantitative estimate of drug-likeness (QED) is 0.786. The van der Waals surface area contributed by atoms with Crippen molar-refractivity contribution in [3.05, 3.63) is 72.1 Å². The summed E-state index contributed by atoms with van der Waals surface area (Å²) >= 11 is 0. The summed E-state index contributed by atoms with van der Waals surface area (Å²) in [5, 5.41) is 4.30. The number of benzene rings is 2. The Hall–Kier alpha value is -2.59. The predicted octanol–water partition coefficient (Wildman–Crippen LogP) is 3.12. The SMILES string of the molecule is Cn1ncc(-c2ccccc2OCc2ccccc2)c1CN. The van der Waals surface area contributed by atoms with Crippen LogP contribution in [0.3, 0.4) is 0 Å². The highest BCUT2D eigenvalue weighted by Gasteiger charge is 2.13. The zero-order valence-corrected chi connectivity index (χ0v) is 12.6. The molecule has 0 amide bonds. The Morgan fingerprint density at radius 2 is 1.73 bits per heavy atom. The van der Waals surface area contributed by atoms with Gasteiger partial charge < -0.3 is 10.5 Å². The lowest BCUT2D eigenvalue weighted by atomic mass is 10.1. The second-order valence-electron chi connectivity index (χ2n) is 5.10. The topological polar surface area (TPSA) is 53.1 Å². The monoisotopic (exact) mass is 293 g/mol.